The van der Waals surface area contributed by atoms with Crippen LogP contribution < -0.4 is 0 Å². The number of carboxylic acids is 4. The molecule has 0 radical (unpaired) electrons. The molecule has 3 aliphatic heterocycles. The molecule has 12 aromatic carbocycles. The lowest BCUT2D eigenvalue weighted by Crippen LogP contribution is -2.43. The molecule has 24 heteroatoms. The molecule has 0 unspecified atom stereocenters. The Hall–Kier alpha value is -14.0. The maximum atomic E-state index is 14.9. The molecule has 0 bridgehead atoms. The number of piperazine rings is 1. The number of carboxylic acid groups (broad SMARTS) is 4. The molecule has 3 aliphatic rings. The molecule has 0 atom stereocenters. The van der Waals surface area contributed by atoms with Crippen LogP contribution in [0.15, 0.2) is 250 Å². The van der Waals surface area contributed by atoms with Gasteiger partial charge in [0.2, 0.25) is 0 Å². The van der Waals surface area contributed by atoms with Crippen LogP contribution in [-0.2, 0) is 47.8 Å². The second kappa shape index (κ2) is 37.0. The lowest BCUT2D eigenvalue weighted by Gasteiger charge is -2.32. The Labute approximate surface area is 719 Å². The minimum Gasteiger partial charge on any atom is -0.478 e. The van der Waals surface area contributed by atoms with Crippen LogP contribution in [0.5, 0.6) is 0 Å². The first-order valence-electron chi connectivity index (χ1n) is 41.6. The van der Waals surface area contributed by atoms with E-state index < -0.39 is 58.3 Å². The number of halogens is 4. The van der Waals surface area contributed by atoms with Gasteiger partial charge >= 0.3 is 23.9 Å². The Morgan fingerprint density at radius 3 is 0.968 bits per heavy atom. The lowest BCUT2D eigenvalue weighted by atomic mass is 9.95. The molecule has 125 heavy (non-hydrogen) atoms. The number of rotatable bonds is 18. The number of fused-ring (bicyclic) bond motifs is 4. The summed E-state index contributed by atoms with van der Waals surface area (Å²) in [5.74, 6) is -10.6. The zero-order valence-electron chi connectivity index (χ0n) is 69.8. The van der Waals surface area contributed by atoms with Crippen molar-refractivity contribution in [3.63, 3.8) is 0 Å². The smallest absolute Gasteiger partial charge is 0.337 e. The van der Waals surface area contributed by atoms with E-state index in [0.29, 0.717) is 22.1 Å². The molecule has 0 spiro atoms. The van der Waals surface area contributed by atoms with E-state index in [2.05, 4.69) is 192 Å². The summed E-state index contributed by atoms with van der Waals surface area (Å²) >= 11 is 0. The fourth-order valence-electron chi connectivity index (χ4n) is 17.0. The number of likely N-dealkylation sites (N-methyl/N-ethyl adjacent to an activating group) is 1. The average molecular weight is 1680 g/mol. The summed E-state index contributed by atoms with van der Waals surface area (Å²) < 4.78 is 66.1. The third-order valence-electron chi connectivity index (χ3n) is 23.7. The van der Waals surface area contributed by atoms with Gasteiger partial charge in [-0.05, 0) is 220 Å². The van der Waals surface area contributed by atoms with E-state index in [9.17, 15) is 57.2 Å². The van der Waals surface area contributed by atoms with Crippen LogP contribution in [0, 0.1) is 23.3 Å². The number of imidazole rings is 4. The number of benzene rings is 12. The summed E-state index contributed by atoms with van der Waals surface area (Å²) in [5, 5.41) is 38.4. The molecule has 0 aliphatic carbocycles. The van der Waals surface area contributed by atoms with Crippen molar-refractivity contribution in [3.05, 3.63) is 312 Å². The maximum Gasteiger partial charge on any atom is 0.337 e. The van der Waals surface area contributed by atoms with Gasteiger partial charge in [-0.3, -0.25) is 14.7 Å². The molecule has 4 aromatic heterocycles. The van der Waals surface area contributed by atoms with Crippen LogP contribution in [-0.4, -0.2) is 162 Å². The van der Waals surface area contributed by atoms with E-state index in [1.165, 1.54) is 133 Å². The van der Waals surface area contributed by atoms with Crippen molar-refractivity contribution in [3.8, 4) is 89.0 Å². The van der Waals surface area contributed by atoms with Crippen molar-refractivity contribution in [2.24, 2.45) is 28.2 Å². The molecular weight excluding hydrogens is 1590 g/mol. The van der Waals surface area contributed by atoms with Crippen molar-refractivity contribution in [1.82, 2.24) is 57.8 Å². The highest BCUT2D eigenvalue weighted by molar-refractivity contribution is 6.06. The van der Waals surface area contributed by atoms with Gasteiger partial charge in [-0.15, -0.1) is 0 Å². The van der Waals surface area contributed by atoms with Crippen LogP contribution in [0.3, 0.4) is 0 Å². The first-order valence-corrected chi connectivity index (χ1v) is 41.6. The standard InChI is InChI=1S/C27H28N4O2.C27H27N3O2.C26H25N3O2.C21H12F4N2O2/c1-29-10-12-31(13-11-29)17-19-4-3-5-22(14-19)20-6-8-21(9-7-20)23-15-24(27(32)33)26-25(16-23)28-18-30(26)2;1-29-18-28-26-24(27(31)32)15-23(16-25(26)29)21-10-8-20(9-11-21)22-7-5-6-19(14-22)17-30-12-3-2-4-13-30;1-28-17-27-25-23(26(30)31)14-22(15-24(25)28)20-9-7-19(8-10-20)21-6-4-5-18(13-21)16-29-11-2-3-12-29;1-27-9-26-13-8-11(7-12(20(13)27)21(28)29)15-18(24)16(22)14(17(23)19(15)25)10-5-3-2-4-6-10/h3-9,14-16,18H,10-13,17H2,1-2H3,(H,32,33);5-11,14-16,18H,2-4,12-13,17H2,1H3,(H,31,32);4-10,13-15,17H,2-3,11-12,16H2,1H3,(H,30,31);2-9H,1H3,(H,28,29). The SMILES string of the molecule is CN1CCN(Cc2cccc(-c3ccc(-c4cc(C(=O)O)c5c(c4)ncn5C)cc3)c2)CC1.Cn1cnc2c(C(=O)O)cc(-c3ccc(-c4cccc(CN5CCCC5)c4)cc3)cc21.Cn1cnc2c(C(=O)O)cc(-c3ccc(-c4cccc(CN5CCCCC5)c4)cc3)cc21.Cn1cnc2cc(-c3c(F)c(F)c(-c4ccccc4)c(F)c3F)cc(C(=O)O)c21. The topological polar surface area (TPSA) is 233 Å². The minimum absolute atomic E-state index is 0.0294. The molecule has 7 heterocycles. The predicted octanol–water partition coefficient (Wildman–Crippen LogP) is 20.3. The van der Waals surface area contributed by atoms with Gasteiger partial charge in [-0.25, -0.2) is 56.7 Å². The zero-order chi connectivity index (χ0) is 87.3. The summed E-state index contributed by atoms with van der Waals surface area (Å²) in [6.07, 6.45) is 12.8. The Bertz CT molecular complexity index is 6700. The number of aromatic nitrogens is 8. The fourth-order valence-corrected chi connectivity index (χ4v) is 17.0. The number of likely N-dealkylation sites (tertiary alicyclic amines) is 2. The highest BCUT2D eigenvalue weighted by atomic mass is 19.2. The van der Waals surface area contributed by atoms with Crippen molar-refractivity contribution < 1.29 is 57.2 Å². The normalized spacial score (nSPS) is 13.9. The monoisotopic (exact) mass is 1680 g/mol. The van der Waals surface area contributed by atoms with Gasteiger partial charge in [0.25, 0.3) is 0 Å². The van der Waals surface area contributed by atoms with Crippen molar-refractivity contribution in [1.29, 1.82) is 0 Å². The van der Waals surface area contributed by atoms with Crippen LogP contribution in [0.4, 0.5) is 17.6 Å². The number of piperidine rings is 1. The van der Waals surface area contributed by atoms with Crippen molar-refractivity contribution in [2.75, 3.05) is 59.4 Å². The Morgan fingerprint density at radius 2 is 0.592 bits per heavy atom. The highest BCUT2D eigenvalue weighted by Gasteiger charge is 2.30. The quantitative estimate of drug-likeness (QED) is 0.0462. The molecule has 16 aromatic rings. The Morgan fingerprint density at radius 1 is 0.288 bits per heavy atom. The van der Waals surface area contributed by atoms with Gasteiger partial charge in [-0.1, -0.05) is 164 Å². The van der Waals surface area contributed by atoms with Gasteiger partial charge in [0.15, 0.2) is 23.3 Å². The van der Waals surface area contributed by atoms with Gasteiger partial charge in [0.05, 0.1) is 91.8 Å². The minimum atomic E-state index is -1.62. The third-order valence-corrected chi connectivity index (χ3v) is 23.7. The molecule has 4 N–H and O–H groups in total. The van der Waals surface area contributed by atoms with Crippen LogP contribution >= 0.6 is 0 Å². The van der Waals surface area contributed by atoms with Crippen LogP contribution in [0.1, 0.15) is 90.2 Å². The molecular formula is C101H92F4N12O8. The van der Waals surface area contributed by atoms with Crippen molar-refractivity contribution >= 4 is 68.0 Å². The summed E-state index contributed by atoms with van der Waals surface area (Å²) in [6.45, 7) is 12.2. The van der Waals surface area contributed by atoms with Crippen LogP contribution in [0.25, 0.3) is 133 Å². The molecule has 19 rings (SSSR count). The number of hydrogen-bond donors (Lipinski definition) is 4. The number of aromatic carboxylic acids is 4. The van der Waals surface area contributed by atoms with E-state index in [1.54, 1.807) is 54.9 Å². The van der Waals surface area contributed by atoms with Gasteiger partial charge in [-0.2, -0.15) is 0 Å². The number of hydrogen-bond acceptors (Lipinski definition) is 12. The van der Waals surface area contributed by atoms with E-state index in [-0.39, 0.29) is 44.4 Å². The number of nitrogens with zero attached hydrogens (tertiary/aromatic N) is 12. The Kier molecular flexibility index (Phi) is 25.0. The number of carbonyl (C=O) groups is 4. The van der Waals surface area contributed by atoms with Gasteiger partial charge < -0.3 is 43.6 Å². The predicted molar refractivity (Wildman–Crippen MR) is 480 cm³/mol. The summed E-state index contributed by atoms with van der Waals surface area (Å²) in [6, 6.07) is 71.8. The summed E-state index contributed by atoms with van der Waals surface area (Å²) in [5.41, 5.74) is 19.2. The Balaban J connectivity index is 0.000000123. The summed E-state index contributed by atoms with van der Waals surface area (Å²) in [4.78, 5) is 73.8. The van der Waals surface area contributed by atoms with E-state index in [4.69, 9.17) is 0 Å². The van der Waals surface area contributed by atoms with E-state index in [0.717, 1.165) is 113 Å². The highest BCUT2D eigenvalue weighted by Crippen LogP contribution is 2.40. The number of aryl methyl sites for hydroxylation is 4. The largest absolute Gasteiger partial charge is 0.478 e. The van der Waals surface area contributed by atoms with Gasteiger partial charge in [0.1, 0.15) is 11.0 Å². The molecule has 20 nitrogen and oxygen atoms in total. The van der Waals surface area contributed by atoms with Crippen molar-refractivity contribution in [2.45, 2.75) is 51.7 Å². The van der Waals surface area contributed by atoms with Gasteiger partial charge in [0, 0.05) is 74.0 Å². The first-order chi connectivity index (χ1) is 60.4. The van der Waals surface area contributed by atoms with Crippen LogP contribution in [0.2, 0.25) is 0 Å². The molecule has 632 valence electrons. The second-order valence-corrected chi connectivity index (χ2v) is 32.3. The first kappa shape index (κ1) is 84.6. The molecule has 0 saturated carbocycles. The second-order valence-electron chi connectivity index (χ2n) is 32.3. The van der Waals surface area contributed by atoms with E-state index >= 15 is 0 Å². The average Bonchev–Trinajstić information content (AvgIpc) is 1.67. The van der Waals surface area contributed by atoms with E-state index in [1.807, 2.05) is 48.5 Å². The fraction of sp³-hybridized carbons (Fsp3) is 0.208. The molecule has 3 saturated heterocycles. The molecule has 3 fully saturated rings. The molecule has 0 amide bonds. The third kappa shape index (κ3) is 18.5. The lowest BCUT2D eigenvalue weighted by molar-refractivity contribution is 0.0687. The summed E-state index contributed by atoms with van der Waals surface area (Å²) in [7, 11) is 9.30. The maximum absolute atomic E-state index is 14.9. The zero-order valence-corrected chi connectivity index (χ0v) is 69.8.